The second kappa shape index (κ2) is 7.92. The average Bonchev–Trinajstić information content (AvgIpc) is 3.12. The van der Waals surface area contributed by atoms with Crippen LogP contribution in [0.5, 0.6) is 0 Å². The van der Waals surface area contributed by atoms with E-state index >= 15 is 0 Å². The number of aliphatic hydroxyl groups is 1. The number of carbonyl (C=O) groups is 1. The smallest absolute Gasteiger partial charge is 0.264 e. The average molecular weight is 394 g/mol. The Hall–Kier alpha value is -3.02. The summed E-state index contributed by atoms with van der Waals surface area (Å²) in [5, 5.41) is 16.6. The highest BCUT2D eigenvalue weighted by molar-refractivity contribution is 6.30. The summed E-state index contributed by atoms with van der Waals surface area (Å²) in [7, 11) is 0. The van der Waals surface area contributed by atoms with Crippen molar-refractivity contribution in [2.24, 2.45) is 0 Å². The van der Waals surface area contributed by atoms with Gasteiger partial charge in [0.15, 0.2) is 6.17 Å². The minimum atomic E-state index is -0.622. The van der Waals surface area contributed by atoms with Gasteiger partial charge in [-0.05, 0) is 29.8 Å². The van der Waals surface area contributed by atoms with Crippen molar-refractivity contribution in [3.05, 3.63) is 101 Å². The summed E-state index contributed by atoms with van der Waals surface area (Å²) < 4.78 is 0. The minimum absolute atomic E-state index is 0.181. The van der Waals surface area contributed by atoms with Crippen LogP contribution in [0.15, 0.2) is 84.7 Å². The molecule has 0 saturated heterocycles. The third-order valence-corrected chi connectivity index (χ3v) is 5.00. The summed E-state index contributed by atoms with van der Waals surface area (Å²) >= 11 is 6.15. The lowest BCUT2D eigenvalue weighted by molar-refractivity contribution is -0.126. The molecule has 1 amide bonds. The number of fused-ring (bicyclic) bond motifs is 1. The predicted molar refractivity (Wildman–Crippen MR) is 110 cm³/mol. The molecule has 1 unspecified atom stereocenters. The third kappa shape index (κ3) is 3.54. The van der Waals surface area contributed by atoms with Gasteiger partial charge in [0.05, 0.1) is 24.0 Å². The molecule has 2 aliphatic heterocycles. The molecule has 4 rings (SSSR count). The number of nitrogens with zero attached hydrogens (tertiary/aromatic N) is 1. The Balaban J connectivity index is 1.58. The number of halogens is 1. The van der Waals surface area contributed by atoms with Crippen LogP contribution in [0.25, 0.3) is 5.70 Å². The molecule has 0 fully saturated rings. The molecule has 28 heavy (non-hydrogen) atoms. The van der Waals surface area contributed by atoms with E-state index in [4.69, 9.17) is 11.6 Å². The molecule has 3 N–H and O–H groups in total. The lowest BCUT2D eigenvalue weighted by Crippen LogP contribution is -2.49. The quantitative estimate of drug-likeness (QED) is 0.730. The second-order valence-electron chi connectivity index (χ2n) is 6.58. The van der Waals surface area contributed by atoms with Crippen molar-refractivity contribution in [3.63, 3.8) is 0 Å². The molecule has 2 heterocycles. The Kier molecular flexibility index (Phi) is 5.19. The fourth-order valence-corrected chi connectivity index (χ4v) is 3.60. The van der Waals surface area contributed by atoms with Gasteiger partial charge in [0.2, 0.25) is 0 Å². The summed E-state index contributed by atoms with van der Waals surface area (Å²) in [4.78, 5) is 14.9. The van der Waals surface area contributed by atoms with Crippen LogP contribution in [0.4, 0.5) is 0 Å². The van der Waals surface area contributed by atoms with E-state index in [1.54, 1.807) is 0 Å². The van der Waals surface area contributed by atoms with Crippen molar-refractivity contribution in [2.75, 3.05) is 6.61 Å². The normalized spacial score (nSPS) is 18.6. The van der Waals surface area contributed by atoms with Gasteiger partial charge in [0.1, 0.15) is 0 Å². The zero-order chi connectivity index (χ0) is 19.5. The van der Waals surface area contributed by atoms with Crippen LogP contribution in [0.3, 0.4) is 0 Å². The Labute approximate surface area is 168 Å². The van der Waals surface area contributed by atoms with Crippen LogP contribution in [0.1, 0.15) is 17.2 Å². The summed E-state index contributed by atoms with van der Waals surface area (Å²) in [6, 6.07) is 16.5. The molecule has 0 spiro atoms. The van der Waals surface area contributed by atoms with E-state index in [0.29, 0.717) is 5.02 Å². The van der Waals surface area contributed by atoms with E-state index < -0.39 is 12.2 Å². The summed E-state index contributed by atoms with van der Waals surface area (Å²) in [5.41, 5.74) is 3.49. The first kappa shape index (κ1) is 18.3. The monoisotopic (exact) mass is 393 g/mol. The van der Waals surface area contributed by atoms with Crippen molar-refractivity contribution >= 4 is 23.2 Å². The fraction of sp³-hybridized carbons (Fsp3) is 0.136. The van der Waals surface area contributed by atoms with Crippen molar-refractivity contribution in [1.29, 1.82) is 0 Å². The van der Waals surface area contributed by atoms with Crippen LogP contribution >= 0.6 is 11.6 Å². The van der Waals surface area contributed by atoms with Gasteiger partial charge in [0.25, 0.3) is 5.91 Å². The number of rotatable bonds is 5. The molecule has 0 bridgehead atoms. The molecule has 2 atom stereocenters. The van der Waals surface area contributed by atoms with Gasteiger partial charge in [0, 0.05) is 16.8 Å². The van der Waals surface area contributed by atoms with E-state index in [9.17, 15) is 9.90 Å². The van der Waals surface area contributed by atoms with E-state index in [2.05, 4.69) is 10.6 Å². The van der Waals surface area contributed by atoms with Crippen LogP contribution in [-0.4, -0.2) is 28.7 Å². The molecule has 142 valence electrons. The number of allylic oxidation sites excluding steroid dienone is 3. The Morgan fingerprint density at radius 1 is 1.18 bits per heavy atom. The Morgan fingerprint density at radius 3 is 2.75 bits per heavy atom. The van der Waals surface area contributed by atoms with Crippen LogP contribution in [0, 0.1) is 0 Å². The van der Waals surface area contributed by atoms with Gasteiger partial charge < -0.3 is 20.6 Å². The van der Waals surface area contributed by atoms with Crippen molar-refractivity contribution in [2.45, 2.75) is 12.2 Å². The zero-order valence-corrected chi connectivity index (χ0v) is 15.8. The highest BCUT2D eigenvalue weighted by atomic mass is 35.5. The number of carbonyl (C=O) groups excluding carboxylic acids is 1. The minimum Gasteiger partial charge on any atom is -0.394 e. The van der Waals surface area contributed by atoms with Crippen molar-refractivity contribution in [3.8, 4) is 0 Å². The molecule has 2 aromatic rings. The Morgan fingerprint density at radius 2 is 2.00 bits per heavy atom. The Bertz CT molecular complexity index is 969. The molecule has 0 aliphatic carbocycles. The first-order chi connectivity index (χ1) is 13.7. The molecule has 0 radical (unpaired) electrons. The van der Waals surface area contributed by atoms with Crippen LogP contribution in [0.2, 0.25) is 5.02 Å². The first-order valence-corrected chi connectivity index (χ1v) is 9.41. The topological polar surface area (TPSA) is 64.6 Å². The fourth-order valence-electron chi connectivity index (χ4n) is 3.41. The van der Waals surface area contributed by atoms with E-state index in [0.717, 1.165) is 22.5 Å². The highest BCUT2D eigenvalue weighted by Crippen LogP contribution is 2.32. The molecule has 2 aromatic carbocycles. The van der Waals surface area contributed by atoms with E-state index in [-0.39, 0.29) is 12.5 Å². The molecule has 5 nitrogen and oxygen atoms in total. The van der Waals surface area contributed by atoms with E-state index in [1.807, 2.05) is 83.9 Å². The van der Waals surface area contributed by atoms with Crippen LogP contribution < -0.4 is 10.6 Å². The molecule has 6 heteroatoms. The van der Waals surface area contributed by atoms with Crippen LogP contribution in [-0.2, 0) is 4.79 Å². The molecular formula is C22H20ClN3O2. The van der Waals surface area contributed by atoms with Gasteiger partial charge in [-0.2, -0.15) is 0 Å². The second-order valence-corrected chi connectivity index (χ2v) is 7.02. The number of aliphatic hydroxyl groups excluding tert-OH is 1. The number of nitrogens with one attached hydrogen (secondary N) is 2. The number of hydrogen-bond acceptors (Lipinski definition) is 4. The molecular weight excluding hydrogens is 374 g/mol. The van der Waals surface area contributed by atoms with Gasteiger partial charge in [-0.15, -0.1) is 0 Å². The molecule has 0 saturated carbocycles. The highest BCUT2D eigenvalue weighted by Gasteiger charge is 2.36. The standard InChI is InChI=1S/C22H20ClN3O2/c23-17-10-6-9-16(13-17)20-19-11-4-5-12-26(19)21(25-20)22(28)24-18(14-27)15-7-2-1-3-8-15/h1-13,18,21,25,27H,14H2,(H,24,28)/t18-,21?/m0/s1. The number of hydrogen-bond donors (Lipinski definition) is 3. The third-order valence-electron chi connectivity index (χ3n) is 4.77. The van der Waals surface area contributed by atoms with Crippen molar-refractivity contribution < 1.29 is 9.90 Å². The SMILES string of the molecule is O=C(N[C@@H](CO)c1ccccc1)C1NC(c2cccc(Cl)c2)=C2C=CC=CN21. The summed E-state index contributed by atoms with van der Waals surface area (Å²) in [5.74, 6) is -0.225. The summed E-state index contributed by atoms with van der Waals surface area (Å²) in [6.07, 6.45) is 7.01. The van der Waals surface area contributed by atoms with Gasteiger partial charge in [-0.3, -0.25) is 4.79 Å². The first-order valence-electron chi connectivity index (χ1n) is 9.03. The predicted octanol–water partition coefficient (Wildman–Crippen LogP) is 3.17. The van der Waals surface area contributed by atoms with Crippen molar-refractivity contribution in [1.82, 2.24) is 15.5 Å². The molecule has 0 aromatic heterocycles. The largest absolute Gasteiger partial charge is 0.394 e. The van der Waals surface area contributed by atoms with E-state index in [1.165, 1.54) is 0 Å². The lowest BCUT2D eigenvalue weighted by atomic mass is 10.1. The number of benzene rings is 2. The zero-order valence-electron chi connectivity index (χ0n) is 15.0. The maximum atomic E-state index is 13.0. The van der Waals surface area contributed by atoms with Gasteiger partial charge >= 0.3 is 0 Å². The van der Waals surface area contributed by atoms with Gasteiger partial charge in [-0.25, -0.2) is 0 Å². The molecule has 2 aliphatic rings. The lowest BCUT2D eigenvalue weighted by Gasteiger charge is -2.27. The van der Waals surface area contributed by atoms with Gasteiger partial charge in [-0.1, -0.05) is 60.1 Å². The summed E-state index contributed by atoms with van der Waals surface area (Å²) in [6.45, 7) is -0.181. The maximum absolute atomic E-state index is 13.0. The number of amides is 1. The maximum Gasteiger partial charge on any atom is 0.264 e.